The van der Waals surface area contributed by atoms with Gasteiger partial charge in [0.05, 0.1) is 10.3 Å². The zero-order chi connectivity index (χ0) is 15.1. The van der Waals surface area contributed by atoms with Crippen molar-refractivity contribution in [2.45, 2.75) is 18.2 Å². The largest absolute Gasteiger partial charge is 0.398 e. The van der Waals surface area contributed by atoms with Gasteiger partial charge in [0.25, 0.3) is 0 Å². The number of rotatable bonds is 3. The number of hydrogen-bond acceptors (Lipinski definition) is 4. The van der Waals surface area contributed by atoms with Crippen LogP contribution in [0, 0.1) is 5.41 Å². The maximum Gasteiger partial charge on any atom is 0.243 e. The molecule has 1 aromatic carbocycles. The molecule has 2 rings (SSSR count). The van der Waals surface area contributed by atoms with Crippen molar-refractivity contribution in [2.75, 3.05) is 18.8 Å². The van der Waals surface area contributed by atoms with Crippen molar-refractivity contribution in [3.8, 4) is 0 Å². The monoisotopic (exact) mass is 361 g/mol. The number of benzene rings is 1. The first-order valence-electron chi connectivity index (χ1n) is 6.02. The lowest BCUT2D eigenvalue weighted by molar-refractivity contribution is -0.126. The van der Waals surface area contributed by atoms with E-state index < -0.39 is 21.3 Å². The molecule has 0 aliphatic carbocycles. The Morgan fingerprint density at radius 1 is 1.45 bits per heavy atom. The van der Waals surface area contributed by atoms with Crippen molar-refractivity contribution in [3.05, 3.63) is 22.7 Å². The normalized spacial score (nSPS) is 23.9. The first kappa shape index (κ1) is 15.3. The lowest BCUT2D eigenvalue weighted by Crippen LogP contribution is -2.38. The Bertz CT molecular complexity index is 662. The van der Waals surface area contributed by atoms with Crippen LogP contribution in [0.3, 0.4) is 0 Å². The molecule has 1 atom stereocenters. The Balaban J connectivity index is 2.33. The summed E-state index contributed by atoms with van der Waals surface area (Å²) < 4.78 is 26.9. The zero-order valence-electron chi connectivity index (χ0n) is 11.0. The number of nitrogens with zero attached hydrogens (tertiary/aromatic N) is 1. The first-order chi connectivity index (χ1) is 9.17. The Morgan fingerprint density at radius 3 is 2.60 bits per heavy atom. The second-order valence-corrected chi connectivity index (χ2v) is 7.99. The second-order valence-electron chi connectivity index (χ2n) is 5.20. The number of halogens is 1. The molecule has 1 amide bonds. The minimum atomic E-state index is -3.64. The van der Waals surface area contributed by atoms with Gasteiger partial charge in [-0.25, -0.2) is 8.42 Å². The van der Waals surface area contributed by atoms with E-state index in [9.17, 15) is 13.2 Å². The number of hydrogen-bond donors (Lipinski definition) is 2. The van der Waals surface area contributed by atoms with Crippen LogP contribution in [-0.4, -0.2) is 31.7 Å². The van der Waals surface area contributed by atoms with Crippen LogP contribution >= 0.6 is 15.9 Å². The van der Waals surface area contributed by atoms with Crippen LogP contribution in [0.15, 0.2) is 27.6 Å². The van der Waals surface area contributed by atoms with Crippen molar-refractivity contribution in [1.29, 1.82) is 0 Å². The Hall–Kier alpha value is -1.12. The highest BCUT2D eigenvalue weighted by Gasteiger charge is 2.43. The number of amides is 1. The van der Waals surface area contributed by atoms with Gasteiger partial charge >= 0.3 is 0 Å². The van der Waals surface area contributed by atoms with E-state index in [-0.39, 0.29) is 18.0 Å². The molecule has 4 N–H and O–H groups in total. The maximum absolute atomic E-state index is 12.5. The number of primary amides is 1. The molecule has 1 aromatic rings. The van der Waals surface area contributed by atoms with Crippen LogP contribution in [-0.2, 0) is 14.8 Å². The maximum atomic E-state index is 12.5. The molecule has 1 aliphatic rings. The molecule has 0 radical (unpaired) electrons. The van der Waals surface area contributed by atoms with Gasteiger partial charge in [-0.1, -0.05) is 0 Å². The van der Waals surface area contributed by atoms with E-state index >= 15 is 0 Å². The van der Waals surface area contributed by atoms with Gasteiger partial charge in [0.2, 0.25) is 15.9 Å². The van der Waals surface area contributed by atoms with E-state index in [1.165, 1.54) is 22.5 Å². The smallest absolute Gasteiger partial charge is 0.243 e. The molecule has 0 aromatic heterocycles. The summed E-state index contributed by atoms with van der Waals surface area (Å²) in [5, 5.41) is 0. The highest BCUT2D eigenvalue weighted by atomic mass is 79.9. The fraction of sp³-hybridized carbons (Fsp3) is 0.417. The molecule has 110 valence electrons. The van der Waals surface area contributed by atoms with Gasteiger partial charge in [-0.2, -0.15) is 4.31 Å². The number of carbonyl (C=O) groups is 1. The van der Waals surface area contributed by atoms with E-state index in [1.54, 1.807) is 6.92 Å². The number of nitrogen functional groups attached to an aromatic ring is 1. The zero-order valence-corrected chi connectivity index (χ0v) is 13.4. The van der Waals surface area contributed by atoms with Crippen LogP contribution < -0.4 is 11.5 Å². The quantitative estimate of drug-likeness (QED) is 0.780. The summed E-state index contributed by atoms with van der Waals surface area (Å²) in [6.45, 7) is 2.07. The minimum absolute atomic E-state index is 0.104. The van der Waals surface area contributed by atoms with Crippen LogP contribution in [0.4, 0.5) is 5.69 Å². The standard InChI is InChI=1S/C12H16BrN3O3S/c1-12(11(15)17)4-5-16(7-12)20(18,19)8-2-3-10(14)9(13)6-8/h2-3,6H,4-5,7,14H2,1H3,(H2,15,17). The summed E-state index contributed by atoms with van der Waals surface area (Å²) >= 11 is 3.21. The van der Waals surface area contributed by atoms with Gasteiger partial charge in [-0.3, -0.25) is 4.79 Å². The number of sulfonamides is 1. The highest BCUT2D eigenvalue weighted by Crippen LogP contribution is 2.34. The van der Waals surface area contributed by atoms with Crippen molar-refractivity contribution in [1.82, 2.24) is 4.31 Å². The Labute approximate surface area is 126 Å². The third kappa shape index (κ3) is 2.55. The summed E-state index contributed by atoms with van der Waals surface area (Å²) in [5.41, 5.74) is 10.6. The summed E-state index contributed by atoms with van der Waals surface area (Å²) in [7, 11) is -3.64. The summed E-state index contributed by atoms with van der Waals surface area (Å²) in [5.74, 6) is -0.478. The number of carbonyl (C=O) groups excluding carboxylic acids is 1. The van der Waals surface area contributed by atoms with E-state index in [1.807, 2.05) is 0 Å². The van der Waals surface area contributed by atoms with Crippen LogP contribution in [0.2, 0.25) is 0 Å². The lowest BCUT2D eigenvalue weighted by atomic mass is 9.89. The fourth-order valence-electron chi connectivity index (χ4n) is 2.14. The highest BCUT2D eigenvalue weighted by molar-refractivity contribution is 9.10. The van der Waals surface area contributed by atoms with E-state index in [0.29, 0.717) is 16.6 Å². The molecule has 8 heteroatoms. The predicted octanol–water partition coefficient (Wildman–Crippen LogP) is 0.917. The molecule has 0 bridgehead atoms. The molecular weight excluding hydrogens is 346 g/mol. The molecule has 0 saturated carbocycles. The van der Waals surface area contributed by atoms with Crippen molar-refractivity contribution < 1.29 is 13.2 Å². The molecule has 1 heterocycles. The summed E-state index contributed by atoms with van der Waals surface area (Å²) in [4.78, 5) is 11.6. The van der Waals surface area contributed by atoms with Gasteiger partial charge in [0.15, 0.2) is 0 Å². The Kier molecular flexibility index (Phi) is 3.83. The van der Waals surface area contributed by atoms with Gasteiger partial charge in [-0.05, 0) is 47.5 Å². The summed E-state index contributed by atoms with van der Waals surface area (Å²) in [6, 6.07) is 4.44. The van der Waals surface area contributed by atoms with Crippen LogP contribution in [0.5, 0.6) is 0 Å². The second kappa shape index (κ2) is 5.01. The van der Waals surface area contributed by atoms with Crippen LogP contribution in [0.25, 0.3) is 0 Å². The van der Waals surface area contributed by atoms with Crippen molar-refractivity contribution in [3.63, 3.8) is 0 Å². The van der Waals surface area contributed by atoms with Gasteiger partial charge < -0.3 is 11.5 Å². The molecule has 1 fully saturated rings. The average Bonchev–Trinajstić information content (AvgIpc) is 2.77. The fourth-order valence-corrected chi connectivity index (χ4v) is 4.26. The van der Waals surface area contributed by atoms with Gasteiger partial charge in [0.1, 0.15) is 0 Å². The van der Waals surface area contributed by atoms with E-state index in [4.69, 9.17) is 11.5 Å². The average molecular weight is 362 g/mol. The molecule has 1 unspecified atom stereocenters. The van der Waals surface area contributed by atoms with Gasteiger partial charge in [-0.15, -0.1) is 0 Å². The van der Waals surface area contributed by atoms with E-state index in [2.05, 4.69) is 15.9 Å². The molecule has 20 heavy (non-hydrogen) atoms. The topological polar surface area (TPSA) is 106 Å². The van der Waals surface area contributed by atoms with Crippen molar-refractivity contribution in [2.24, 2.45) is 11.1 Å². The third-order valence-corrected chi connectivity index (χ3v) is 6.17. The van der Waals surface area contributed by atoms with Crippen LogP contribution in [0.1, 0.15) is 13.3 Å². The SMILES string of the molecule is CC1(C(N)=O)CCN(S(=O)(=O)c2ccc(N)c(Br)c2)C1. The Morgan fingerprint density at radius 2 is 2.10 bits per heavy atom. The molecule has 6 nitrogen and oxygen atoms in total. The molecule has 0 spiro atoms. The predicted molar refractivity (Wildman–Crippen MR) is 79.2 cm³/mol. The summed E-state index contributed by atoms with van der Waals surface area (Å²) in [6.07, 6.45) is 0.428. The lowest BCUT2D eigenvalue weighted by Gasteiger charge is -2.21. The van der Waals surface area contributed by atoms with Gasteiger partial charge in [0, 0.05) is 23.2 Å². The first-order valence-corrected chi connectivity index (χ1v) is 8.25. The van der Waals surface area contributed by atoms with Crippen molar-refractivity contribution >= 4 is 37.5 Å². The molecule has 1 aliphatic heterocycles. The number of nitrogens with two attached hydrogens (primary N) is 2. The minimum Gasteiger partial charge on any atom is -0.398 e. The third-order valence-electron chi connectivity index (χ3n) is 3.64. The molecular formula is C12H16BrN3O3S. The molecule has 1 saturated heterocycles. The van der Waals surface area contributed by atoms with E-state index in [0.717, 1.165) is 0 Å². The number of anilines is 1.